The van der Waals surface area contributed by atoms with Gasteiger partial charge in [0.2, 0.25) is 0 Å². The van der Waals surface area contributed by atoms with Crippen LogP contribution in [0.5, 0.6) is 0 Å². The van der Waals surface area contributed by atoms with E-state index >= 15 is 0 Å². The van der Waals surface area contributed by atoms with Crippen LogP contribution < -0.4 is 10.9 Å². The van der Waals surface area contributed by atoms with Gasteiger partial charge in [0.15, 0.2) is 0 Å². The number of carbonyl (C=O) groups excluding carboxylic acids is 2. The molecule has 4 rings (SSSR count). The summed E-state index contributed by atoms with van der Waals surface area (Å²) in [5, 5.41) is 3.26. The average Bonchev–Trinajstić information content (AvgIpc) is 2.83. The summed E-state index contributed by atoms with van der Waals surface area (Å²) in [7, 11) is 0. The van der Waals surface area contributed by atoms with E-state index in [2.05, 4.69) is 5.32 Å². The van der Waals surface area contributed by atoms with Gasteiger partial charge < -0.3 is 5.32 Å². The van der Waals surface area contributed by atoms with Gasteiger partial charge in [0, 0.05) is 17.0 Å². The lowest BCUT2D eigenvalue weighted by Crippen LogP contribution is -2.35. The maximum atomic E-state index is 13.3. The Balaban J connectivity index is 1.73. The fourth-order valence-corrected chi connectivity index (χ4v) is 3.78. The number of nitrogens with one attached hydrogen (secondary N) is 1. The number of para-hydroxylation sites is 1. The molecule has 0 bridgehead atoms. The normalized spacial score (nSPS) is 10.8. The van der Waals surface area contributed by atoms with E-state index < -0.39 is 17.4 Å². The third-order valence-corrected chi connectivity index (χ3v) is 5.81. The summed E-state index contributed by atoms with van der Waals surface area (Å²) in [4.78, 5) is 40.3. The molecule has 0 aliphatic rings. The first-order chi connectivity index (χ1) is 15.5. The van der Waals surface area contributed by atoms with Crippen LogP contribution in [0.4, 0.5) is 4.39 Å². The molecule has 0 spiro atoms. The Kier molecular flexibility index (Phi) is 6.18. The van der Waals surface area contributed by atoms with E-state index in [0.717, 1.165) is 9.46 Å². The van der Waals surface area contributed by atoms with E-state index in [1.807, 2.05) is 18.4 Å². The van der Waals surface area contributed by atoms with E-state index in [-0.39, 0.29) is 17.9 Å². The Bertz CT molecular complexity index is 1360. The summed E-state index contributed by atoms with van der Waals surface area (Å²) in [6, 6.07) is 21.0. The van der Waals surface area contributed by atoms with Gasteiger partial charge in [-0.2, -0.15) is 0 Å². The number of hydrogen-bond acceptors (Lipinski definition) is 4. The summed E-state index contributed by atoms with van der Waals surface area (Å²) in [6.07, 6.45) is 1.93. The van der Waals surface area contributed by atoms with Gasteiger partial charge in [0.1, 0.15) is 11.4 Å². The molecule has 3 aromatic carbocycles. The predicted octanol–water partition coefficient (Wildman–Crippen LogP) is 4.48. The maximum absolute atomic E-state index is 13.3. The molecule has 1 N–H and O–H groups in total. The van der Waals surface area contributed by atoms with Crippen LogP contribution in [0.1, 0.15) is 26.3 Å². The summed E-state index contributed by atoms with van der Waals surface area (Å²) in [6.45, 7) is 0.121. The molecule has 1 amide bonds. The fourth-order valence-electron chi connectivity index (χ4n) is 3.37. The smallest absolute Gasteiger partial charge is 0.270 e. The molecule has 0 unspecified atom stereocenters. The Morgan fingerprint density at radius 1 is 0.969 bits per heavy atom. The van der Waals surface area contributed by atoms with Gasteiger partial charge >= 0.3 is 0 Å². The molecule has 32 heavy (non-hydrogen) atoms. The van der Waals surface area contributed by atoms with Crippen LogP contribution in [0.25, 0.3) is 10.9 Å². The largest absolute Gasteiger partial charge is 0.348 e. The molecule has 0 fully saturated rings. The van der Waals surface area contributed by atoms with Gasteiger partial charge in [-0.1, -0.05) is 30.3 Å². The molecule has 7 heteroatoms. The Labute approximate surface area is 187 Å². The Hall–Kier alpha value is -3.71. The molecule has 1 aromatic heterocycles. The second kappa shape index (κ2) is 9.20. The van der Waals surface area contributed by atoms with E-state index in [9.17, 15) is 18.8 Å². The lowest BCUT2D eigenvalue weighted by atomic mass is 10.1. The maximum Gasteiger partial charge on any atom is 0.270 e. The number of halogens is 1. The number of hydrogen-bond donors (Lipinski definition) is 1. The second-order valence-corrected chi connectivity index (χ2v) is 7.98. The van der Waals surface area contributed by atoms with Gasteiger partial charge in [-0.05, 0) is 65.7 Å². The molecule has 0 radical (unpaired) electrons. The number of amides is 1. The van der Waals surface area contributed by atoms with Crippen LogP contribution in [0.3, 0.4) is 0 Å². The summed E-state index contributed by atoms with van der Waals surface area (Å²) in [5.41, 5.74) is 0.621. The van der Waals surface area contributed by atoms with Crippen molar-refractivity contribution in [1.82, 2.24) is 9.88 Å². The number of rotatable bonds is 5. The molecular weight excluding hydrogens is 427 g/mol. The summed E-state index contributed by atoms with van der Waals surface area (Å²) in [5.74, 6) is -1.49. The zero-order valence-electron chi connectivity index (χ0n) is 17.2. The number of fused-ring (bicyclic) bond motifs is 1. The van der Waals surface area contributed by atoms with Crippen molar-refractivity contribution in [1.29, 1.82) is 0 Å². The molecule has 0 saturated heterocycles. The zero-order chi connectivity index (χ0) is 22.7. The molecule has 1 heterocycles. The fraction of sp³-hybridized carbons (Fsp3) is 0.0800. The quantitative estimate of drug-likeness (QED) is 0.459. The van der Waals surface area contributed by atoms with Crippen molar-refractivity contribution >= 4 is 34.5 Å². The topological polar surface area (TPSA) is 68.2 Å². The molecule has 4 aromatic rings. The van der Waals surface area contributed by atoms with Gasteiger partial charge in [-0.15, -0.1) is 11.8 Å². The number of benzene rings is 3. The van der Waals surface area contributed by atoms with Gasteiger partial charge in [-0.25, -0.2) is 8.96 Å². The number of aromatic nitrogens is 1. The highest BCUT2D eigenvalue weighted by atomic mass is 32.2. The molecule has 0 aliphatic heterocycles. The van der Waals surface area contributed by atoms with Crippen LogP contribution >= 0.6 is 11.8 Å². The second-order valence-electron chi connectivity index (χ2n) is 7.10. The number of pyridine rings is 1. The van der Waals surface area contributed by atoms with Crippen molar-refractivity contribution in [3.63, 3.8) is 0 Å². The Morgan fingerprint density at radius 2 is 1.66 bits per heavy atom. The van der Waals surface area contributed by atoms with Crippen molar-refractivity contribution in [2.45, 2.75) is 11.4 Å². The van der Waals surface area contributed by atoms with Gasteiger partial charge in [-0.3, -0.25) is 14.4 Å². The van der Waals surface area contributed by atoms with E-state index in [0.29, 0.717) is 22.0 Å². The molecule has 0 aliphatic carbocycles. The summed E-state index contributed by atoms with van der Waals surface area (Å²) < 4.78 is 14.1. The molecule has 160 valence electrons. The predicted molar refractivity (Wildman–Crippen MR) is 124 cm³/mol. The highest BCUT2D eigenvalue weighted by molar-refractivity contribution is 7.98. The minimum Gasteiger partial charge on any atom is -0.348 e. The monoisotopic (exact) mass is 446 g/mol. The van der Waals surface area contributed by atoms with Gasteiger partial charge in [0.05, 0.1) is 5.52 Å². The van der Waals surface area contributed by atoms with E-state index in [1.54, 1.807) is 60.3 Å². The molecule has 5 nitrogen and oxygen atoms in total. The minimum absolute atomic E-state index is 0.121. The number of thioether (sulfide) groups is 1. The lowest BCUT2D eigenvalue weighted by molar-refractivity contribution is 0.0946. The van der Waals surface area contributed by atoms with Crippen LogP contribution in [0, 0.1) is 5.82 Å². The molecule has 0 atom stereocenters. The van der Waals surface area contributed by atoms with Crippen LogP contribution in [0.2, 0.25) is 0 Å². The van der Waals surface area contributed by atoms with Crippen molar-refractivity contribution in [3.8, 4) is 0 Å². The number of nitrogens with zero attached hydrogens (tertiary/aromatic N) is 1. The SMILES string of the molecule is CSc1ccc(C(=O)n2c(=O)c(C(=O)NCc3ccc(F)cc3)cc3ccccc32)cc1. The lowest BCUT2D eigenvalue weighted by Gasteiger charge is -2.12. The van der Waals surface area contributed by atoms with Crippen molar-refractivity contribution in [3.05, 3.63) is 112 Å². The summed E-state index contributed by atoms with van der Waals surface area (Å²) >= 11 is 1.55. The van der Waals surface area contributed by atoms with E-state index in [1.165, 1.54) is 18.2 Å². The zero-order valence-corrected chi connectivity index (χ0v) is 18.0. The van der Waals surface area contributed by atoms with Crippen LogP contribution in [0.15, 0.2) is 88.6 Å². The standard InChI is InChI=1S/C25H19FN2O3S/c1-32-20-12-8-17(9-13-20)24(30)28-22-5-3-2-4-18(22)14-21(25(28)31)23(29)27-15-16-6-10-19(26)11-7-16/h2-14H,15H2,1H3,(H,27,29). The van der Waals surface area contributed by atoms with E-state index in [4.69, 9.17) is 0 Å². The third-order valence-electron chi connectivity index (χ3n) is 5.06. The Morgan fingerprint density at radius 3 is 2.34 bits per heavy atom. The average molecular weight is 447 g/mol. The minimum atomic E-state index is -0.695. The van der Waals surface area contributed by atoms with Crippen molar-refractivity contribution in [2.24, 2.45) is 0 Å². The van der Waals surface area contributed by atoms with Crippen molar-refractivity contribution < 1.29 is 14.0 Å². The highest BCUT2D eigenvalue weighted by Crippen LogP contribution is 2.18. The van der Waals surface area contributed by atoms with Crippen LogP contribution in [-0.4, -0.2) is 22.6 Å². The first kappa shape index (κ1) is 21.5. The van der Waals surface area contributed by atoms with Crippen LogP contribution in [-0.2, 0) is 6.54 Å². The first-order valence-electron chi connectivity index (χ1n) is 9.84. The highest BCUT2D eigenvalue weighted by Gasteiger charge is 2.20. The molecule has 0 saturated carbocycles. The van der Waals surface area contributed by atoms with Crippen molar-refractivity contribution in [2.75, 3.05) is 6.26 Å². The molecular formula is C25H19FN2O3S. The third kappa shape index (κ3) is 4.33. The number of carbonyl (C=O) groups is 2. The first-order valence-corrected chi connectivity index (χ1v) is 11.1. The van der Waals surface area contributed by atoms with Gasteiger partial charge in [0.25, 0.3) is 17.4 Å².